The van der Waals surface area contributed by atoms with Gasteiger partial charge in [-0.05, 0) is 30.7 Å². The second kappa shape index (κ2) is 3.98. The van der Waals surface area contributed by atoms with Gasteiger partial charge in [0.25, 0.3) is 0 Å². The average molecular weight is 256 g/mol. The van der Waals surface area contributed by atoms with Gasteiger partial charge in [-0.3, -0.25) is 4.40 Å². The fraction of sp³-hybridized carbons (Fsp3) is 0.143. The lowest BCUT2D eigenvalue weighted by Crippen LogP contribution is -2.06. The van der Waals surface area contributed by atoms with E-state index < -0.39 is 5.97 Å². The first-order valence-electron chi connectivity index (χ1n) is 5.81. The van der Waals surface area contributed by atoms with Gasteiger partial charge in [-0.25, -0.2) is 9.78 Å². The lowest BCUT2D eigenvalue weighted by molar-refractivity contribution is 0.0601. The number of imidazole rings is 1. The third-order valence-electron chi connectivity index (χ3n) is 3.18. The monoisotopic (exact) mass is 256 g/mol. The summed E-state index contributed by atoms with van der Waals surface area (Å²) in [6, 6.07) is 6.97. The molecular weight excluding hydrogens is 244 g/mol. The van der Waals surface area contributed by atoms with E-state index in [2.05, 4.69) is 4.98 Å². The van der Waals surface area contributed by atoms with Crippen LogP contribution in [0.25, 0.3) is 16.7 Å². The molecule has 5 heteroatoms. The van der Waals surface area contributed by atoms with Crippen LogP contribution >= 0.6 is 0 Å². The smallest absolute Gasteiger partial charge is 0.341 e. The minimum Gasteiger partial charge on any atom is -0.506 e. The van der Waals surface area contributed by atoms with Crippen LogP contribution in [0.5, 0.6) is 5.75 Å². The molecule has 1 N–H and O–H groups in total. The largest absolute Gasteiger partial charge is 0.506 e. The molecule has 0 radical (unpaired) electrons. The highest BCUT2D eigenvalue weighted by Gasteiger charge is 2.18. The molecule has 5 nitrogen and oxygen atoms in total. The molecular formula is C14H12N2O3. The van der Waals surface area contributed by atoms with E-state index in [1.807, 2.05) is 25.3 Å². The molecule has 0 atom stereocenters. The number of nitrogens with zero attached hydrogens (tertiary/aromatic N) is 2. The fourth-order valence-electron chi connectivity index (χ4n) is 2.23. The zero-order chi connectivity index (χ0) is 13.6. The van der Waals surface area contributed by atoms with Crippen LogP contribution in [0.2, 0.25) is 0 Å². The number of aromatic hydroxyl groups is 1. The molecule has 1 aromatic carbocycles. The molecule has 0 aliphatic rings. The van der Waals surface area contributed by atoms with Gasteiger partial charge in [-0.15, -0.1) is 0 Å². The quantitative estimate of drug-likeness (QED) is 0.678. The van der Waals surface area contributed by atoms with Gasteiger partial charge in [0.15, 0.2) is 5.65 Å². The van der Waals surface area contributed by atoms with Gasteiger partial charge >= 0.3 is 5.97 Å². The number of hydrogen-bond donors (Lipinski definition) is 1. The summed E-state index contributed by atoms with van der Waals surface area (Å²) in [4.78, 5) is 16.2. The van der Waals surface area contributed by atoms with Crippen LogP contribution in [0, 0.1) is 6.92 Å². The highest BCUT2D eigenvalue weighted by Crippen LogP contribution is 2.27. The van der Waals surface area contributed by atoms with Crippen molar-refractivity contribution in [3.63, 3.8) is 0 Å². The molecule has 0 bridgehead atoms. The molecule has 2 aromatic heterocycles. The van der Waals surface area contributed by atoms with Crippen molar-refractivity contribution in [3.05, 3.63) is 41.6 Å². The fourth-order valence-corrected chi connectivity index (χ4v) is 2.23. The summed E-state index contributed by atoms with van der Waals surface area (Å²) in [5.74, 6) is -0.340. The van der Waals surface area contributed by atoms with Crippen molar-refractivity contribution in [3.8, 4) is 5.75 Å². The number of esters is 1. The number of para-hydroxylation sites is 1. The normalized spacial score (nSPS) is 11.1. The Morgan fingerprint density at radius 1 is 1.37 bits per heavy atom. The Morgan fingerprint density at radius 3 is 2.89 bits per heavy atom. The molecule has 0 saturated carbocycles. The number of phenolic OH excluding ortho intramolecular Hbond substituents is 1. The van der Waals surface area contributed by atoms with Crippen molar-refractivity contribution in [2.45, 2.75) is 6.92 Å². The van der Waals surface area contributed by atoms with Crippen molar-refractivity contribution in [2.24, 2.45) is 0 Å². The predicted octanol–water partition coefficient (Wildman–Crippen LogP) is 2.29. The van der Waals surface area contributed by atoms with Crippen molar-refractivity contribution in [1.29, 1.82) is 0 Å². The van der Waals surface area contributed by atoms with Gasteiger partial charge in [-0.2, -0.15) is 0 Å². The molecule has 0 saturated heterocycles. The van der Waals surface area contributed by atoms with E-state index in [0.29, 0.717) is 16.7 Å². The molecule has 0 aliphatic carbocycles. The number of methoxy groups -OCH3 is 1. The standard InChI is InChI=1S/C14H12N2O3/c1-8-6-7-16-9-4-3-5-10(17)12(9)15-13(16)11(8)14(18)19-2/h3-7,17H,1-2H3. The van der Waals surface area contributed by atoms with Crippen LogP contribution in [0.4, 0.5) is 0 Å². The summed E-state index contributed by atoms with van der Waals surface area (Å²) in [5, 5.41) is 9.84. The number of rotatable bonds is 1. The first-order valence-corrected chi connectivity index (χ1v) is 5.81. The number of ether oxygens (including phenoxy) is 1. The number of fused-ring (bicyclic) bond motifs is 3. The van der Waals surface area contributed by atoms with E-state index in [4.69, 9.17) is 4.74 Å². The van der Waals surface area contributed by atoms with E-state index in [-0.39, 0.29) is 5.75 Å². The maximum Gasteiger partial charge on any atom is 0.341 e. The molecule has 0 unspecified atom stereocenters. The summed E-state index contributed by atoms with van der Waals surface area (Å²) in [7, 11) is 1.34. The predicted molar refractivity (Wildman–Crippen MR) is 70.4 cm³/mol. The molecule has 2 heterocycles. The van der Waals surface area contributed by atoms with E-state index in [0.717, 1.165) is 11.1 Å². The van der Waals surface area contributed by atoms with Crippen molar-refractivity contribution in [2.75, 3.05) is 7.11 Å². The summed E-state index contributed by atoms with van der Waals surface area (Å²) in [6.45, 7) is 1.82. The Hall–Kier alpha value is -2.56. The van der Waals surface area contributed by atoms with Gasteiger partial charge in [0.1, 0.15) is 16.8 Å². The number of aromatic nitrogens is 2. The summed E-state index contributed by atoms with van der Waals surface area (Å²) >= 11 is 0. The molecule has 0 fully saturated rings. The molecule has 3 aromatic rings. The number of pyridine rings is 1. The molecule has 0 spiro atoms. The summed E-state index contributed by atoms with van der Waals surface area (Å²) < 4.78 is 6.57. The van der Waals surface area contributed by atoms with E-state index in [1.54, 1.807) is 16.5 Å². The van der Waals surface area contributed by atoms with Crippen LogP contribution in [-0.2, 0) is 4.74 Å². The third-order valence-corrected chi connectivity index (χ3v) is 3.18. The number of phenols is 1. The first kappa shape index (κ1) is 11.5. The highest BCUT2D eigenvalue weighted by atomic mass is 16.5. The number of aryl methyl sites for hydroxylation is 1. The van der Waals surface area contributed by atoms with Gasteiger partial charge < -0.3 is 9.84 Å². The van der Waals surface area contributed by atoms with E-state index in [9.17, 15) is 9.90 Å². The van der Waals surface area contributed by atoms with Gasteiger partial charge in [0.2, 0.25) is 0 Å². The maximum absolute atomic E-state index is 11.9. The Labute approximate surface area is 109 Å². The SMILES string of the molecule is COC(=O)c1c(C)ccn2c1nc1c(O)cccc12. The van der Waals surface area contributed by atoms with E-state index in [1.165, 1.54) is 7.11 Å². The Bertz CT molecular complexity index is 805. The van der Waals surface area contributed by atoms with Crippen LogP contribution in [0.1, 0.15) is 15.9 Å². The zero-order valence-corrected chi connectivity index (χ0v) is 10.5. The van der Waals surface area contributed by atoms with Gasteiger partial charge in [0.05, 0.1) is 12.6 Å². The number of hydrogen-bond acceptors (Lipinski definition) is 4. The zero-order valence-electron chi connectivity index (χ0n) is 10.5. The lowest BCUT2D eigenvalue weighted by atomic mass is 10.1. The second-order valence-electron chi connectivity index (χ2n) is 4.32. The summed E-state index contributed by atoms with van der Waals surface area (Å²) in [5.41, 5.74) is 2.91. The lowest BCUT2D eigenvalue weighted by Gasteiger charge is -2.05. The minimum absolute atomic E-state index is 0.0923. The van der Waals surface area contributed by atoms with Crippen LogP contribution < -0.4 is 0 Å². The van der Waals surface area contributed by atoms with Crippen LogP contribution in [-0.4, -0.2) is 27.6 Å². The first-order chi connectivity index (χ1) is 9.13. The third kappa shape index (κ3) is 1.55. The van der Waals surface area contributed by atoms with Crippen molar-refractivity contribution in [1.82, 2.24) is 9.38 Å². The average Bonchev–Trinajstić information content (AvgIpc) is 2.78. The molecule has 0 amide bonds. The summed E-state index contributed by atoms with van der Waals surface area (Å²) in [6.07, 6.45) is 1.83. The van der Waals surface area contributed by atoms with Crippen molar-refractivity contribution >= 4 is 22.6 Å². The molecule has 19 heavy (non-hydrogen) atoms. The number of benzene rings is 1. The van der Waals surface area contributed by atoms with Gasteiger partial charge in [0, 0.05) is 6.20 Å². The van der Waals surface area contributed by atoms with Gasteiger partial charge in [-0.1, -0.05) is 6.07 Å². The molecule has 96 valence electrons. The Kier molecular flexibility index (Phi) is 2.41. The Balaban J connectivity index is 2.50. The maximum atomic E-state index is 11.9. The topological polar surface area (TPSA) is 63.8 Å². The van der Waals surface area contributed by atoms with Crippen LogP contribution in [0.15, 0.2) is 30.5 Å². The van der Waals surface area contributed by atoms with E-state index >= 15 is 0 Å². The van der Waals surface area contributed by atoms with Crippen LogP contribution in [0.3, 0.4) is 0 Å². The number of carbonyl (C=O) groups excluding carboxylic acids is 1. The Morgan fingerprint density at radius 2 is 2.16 bits per heavy atom. The highest BCUT2D eigenvalue weighted by molar-refractivity contribution is 6.00. The van der Waals surface area contributed by atoms with Crippen molar-refractivity contribution < 1.29 is 14.6 Å². The minimum atomic E-state index is -0.433. The number of carbonyl (C=O) groups is 1. The molecule has 0 aliphatic heterocycles. The second-order valence-corrected chi connectivity index (χ2v) is 4.32. The molecule has 3 rings (SSSR count).